The Morgan fingerprint density at radius 1 is 1.54 bits per heavy atom. The Morgan fingerprint density at radius 2 is 2.15 bits per heavy atom. The molecule has 2 N–H and O–H groups in total. The molecule has 1 rings (SSSR count). The normalized spacial score (nSPS) is 21.7. The lowest BCUT2D eigenvalue weighted by Gasteiger charge is -2.39. The molecule has 0 spiro atoms. The van der Waals surface area contributed by atoms with E-state index in [0.29, 0.717) is 10.7 Å². The molecule has 0 amide bonds. The maximum Gasteiger partial charge on any atom is 0.0963 e. The van der Waals surface area contributed by atoms with Crippen molar-refractivity contribution in [2.75, 3.05) is 12.8 Å². The fraction of sp³-hybridized carbons (Fsp3) is 0.900. The van der Waals surface area contributed by atoms with Crippen LogP contribution in [0.25, 0.3) is 0 Å². The predicted octanol–water partition coefficient (Wildman–Crippen LogP) is 2.29. The Balaban J connectivity index is 2.44. The minimum atomic E-state index is 0.388. The molecule has 0 unspecified atom stereocenters. The van der Waals surface area contributed by atoms with E-state index in [4.69, 9.17) is 5.73 Å². The van der Waals surface area contributed by atoms with Crippen LogP contribution in [-0.4, -0.2) is 23.4 Å². The molecule has 0 aromatic carbocycles. The first-order chi connectivity index (χ1) is 6.09. The quantitative estimate of drug-likeness (QED) is 0.558. The maximum absolute atomic E-state index is 5.80. The van der Waals surface area contributed by atoms with Gasteiger partial charge in [0.2, 0.25) is 0 Å². The van der Waals surface area contributed by atoms with Crippen LogP contribution in [-0.2, 0) is 0 Å². The number of rotatable bonds is 4. The highest BCUT2D eigenvalue weighted by Gasteiger charge is 2.35. The molecular formula is C10H20N2S. The first-order valence-corrected chi connectivity index (χ1v) is 6.17. The molecule has 2 nitrogen and oxygen atoms in total. The molecule has 0 bridgehead atoms. The van der Waals surface area contributed by atoms with Gasteiger partial charge in [0.1, 0.15) is 0 Å². The van der Waals surface area contributed by atoms with Crippen LogP contribution < -0.4 is 5.73 Å². The summed E-state index contributed by atoms with van der Waals surface area (Å²) in [5.74, 6) is 1.19. The van der Waals surface area contributed by atoms with Crippen LogP contribution in [0, 0.1) is 5.92 Å². The Labute approximate surface area is 85.4 Å². The van der Waals surface area contributed by atoms with Gasteiger partial charge >= 0.3 is 0 Å². The van der Waals surface area contributed by atoms with Crippen molar-refractivity contribution in [2.45, 2.75) is 37.9 Å². The highest BCUT2D eigenvalue weighted by Crippen LogP contribution is 2.42. The van der Waals surface area contributed by atoms with Crippen molar-refractivity contribution in [3.63, 3.8) is 0 Å². The predicted molar refractivity (Wildman–Crippen MR) is 61.4 cm³/mol. The van der Waals surface area contributed by atoms with Crippen LogP contribution in [0.2, 0.25) is 0 Å². The van der Waals surface area contributed by atoms with Gasteiger partial charge in [-0.3, -0.25) is 4.99 Å². The van der Waals surface area contributed by atoms with E-state index in [-0.39, 0.29) is 0 Å². The lowest BCUT2D eigenvalue weighted by molar-refractivity contribution is 0.372. The highest BCUT2D eigenvalue weighted by atomic mass is 32.2. The third-order valence-corrected chi connectivity index (χ3v) is 4.24. The second-order valence-electron chi connectivity index (χ2n) is 4.14. The van der Waals surface area contributed by atoms with Gasteiger partial charge in [0, 0.05) is 10.7 Å². The first-order valence-electron chi connectivity index (χ1n) is 4.94. The van der Waals surface area contributed by atoms with E-state index < -0.39 is 0 Å². The van der Waals surface area contributed by atoms with Crippen molar-refractivity contribution >= 4 is 17.6 Å². The van der Waals surface area contributed by atoms with Crippen LogP contribution in [0.5, 0.6) is 0 Å². The molecular weight excluding hydrogens is 180 g/mol. The van der Waals surface area contributed by atoms with Crippen LogP contribution >= 0.6 is 11.8 Å². The number of thioether (sulfide) groups is 1. The van der Waals surface area contributed by atoms with Gasteiger partial charge < -0.3 is 5.73 Å². The molecule has 13 heavy (non-hydrogen) atoms. The zero-order valence-electron chi connectivity index (χ0n) is 8.84. The molecule has 0 atom stereocenters. The summed E-state index contributed by atoms with van der Waals surface area (Å²) in [5, 5.41) is 0. The molecule has 3 heteroatoms. The van der Waals surface area contributed by atoms with E-state index in [0.717, 1.165) is 12.4 Å². The summed E-state index contributed by atoms with van der Waals surface area (Å²) in [4.78, 5) is 4.46. The molecule has 1 aliphatic rings. The Bertz CT molecular complexity index is 190. The molecule has 76 valence electrons. The SMILES string of the molecule is CSC1(CN=C(N)C(C)C)CCC1. The van der Waals surface area contributed by atoms with E-state index >= 15 is 0 Å². The third kappa shape index (κ3) is 2.63. The lowest BCUT2D eigenvalue weighted by Crippen LogP contribution is -2.37. The van der Waals surface area contributed by atoms with E-state index in [9.17, 15) is 0 Å². The van der Waals surface area contributed by atoms with E-state index in [2.05, 4.69) is 25.1 Å². The van der Waals surface area contributed by atoms with Crippen molar-refractivity contribution in [1.29, 1.82) is 0 Å². The molecule has 1 fully saturated rings. The summed E-state index contributed by atoms with van der Waals surface area (Å²) in [5.41, 5.74) is 5.80. The minimum absolute atomic E-state index is 0.388. The standard InChI is InChI=1S/C10H20N2S/c1-8(2)9(11)12-7-10(13-3)5-4-6-10/h8H,4-7H2,1-3H3,(H2,11,12). The van der Waals surface area contributed by atoms with Gasteiger partial charge in [0.25, 0.3) is 0 Å². The van der Waals surface area contributed by atoms with Gasteiger partial charge in [0.05, 0.1) is 12.4 Å². The average Bonchev–Trinajstić information content (AvgIpc) is 2.02. The van der Waals surface area contributed by atoms with Crippen molar-refractivity contribution in [3.05, 3.63) is 0 Å². The zero-order chi connectivity index (χ0) is 9.90. The zero-order valence-corrected chi connectivity index (χ0v) is 9.66. The summed E-state index contributed by atoms with van der Waals surface area (Å²) >= 11 is 1.95. The Morgan fingerprint density at radius 3 is 2.46 bits per heavy atom. The lowest BCUT2D eigenvalue weighted by atomic mass is 9.84. The van der Waals surface area contributed by atoms with Crippen LogP contribution in [0.1, 0.15) is 33.1 Å². The Hall–Kier alpha value is -0.180. The van der Waals surface area contributed by atoms with Crippen molar-refractivity contribution < 1.29 is 0 Å². The molecule has 0 heterocycles. The van der Waals surface area contributed by atoms with Crippen LogP contribution in [0.4, 0.5) is 0 Å². The molecule has 1 saturated carbocycles. The van der Waals surface area contributed by atoms with Crippen LogP contribution in [0.3, 0.4) is 0 Å². The number of hydrogen-bond donors (Lipinski definition) is 1. The minimum Gasteiger partial charge on any atom is -0.387 e. The third-order valence-electron chi connectivity index (χ3n) is 2.84. The summed E-state index contributed by atoms with van der Waals surface area (Å²) < 4.78 is 0.430. The fourth-order valence-electron chi connectivity index (χ4n) is 1.42. The van der Waals surface area contributed by atoms with Crippen molar-refractivity contribution in [1.82, 2.24) is 0 Å². The fourth-order valence-corrected chi connectivity index (χ4v) is 2.31. The molecule has 1 aliphatic carbocycles. The van der Waals surface area contributed by atoms with Gasteiger partial charge in [-0.1, -0.05) is 20.3 Å². The Kier molecular flexibility index (Phi) is 3.65. The summed E-state index contributed by atoms with van der Waals surface area (Å²) in [6, 6.07) is 0. The molecule has 0 radical (unpaired) electrons. The van der Waals surface area contributed by atoms with E-state index in [1.807, 2.05) is 11.8 Å². The first kappa shape index (κ1) is 10.9. The monoisotopic (exact) mass is 200 g/mol. The molecule has 0 aliphatic heterocycles. The molecule has 0 aromatic heterocycles. The van der Waals surface area contributed by atoms with Gasteiger partial charge in [-0.2, -0.15) is 11.8 Å². The van der Waals surface area contributed by atoms with Gasteiger partial charge in [-0.25, -0.2) is 0 Å². The van der Waals surface area contributed by atoms with Crippen molar-refractivity contribution in [3.8, 4) is 0 Å². The number of hydrogen-bond acceptors (Lipinski definition) is 2. The van der Waals surface area contributed by atoms with E-state index in [1.54, 1.807) is 0 Å². The second kappa shape index (κ2) is 4.36. The molecule has 0 aromatic rings. The average molecular weight is 200 g/mol. The highest BCUT2D eigenvalue weighted by molar-refractivity contribution is 8.00. The van der Waals surface area contributed by atoms with Crippen molar-refractivity contribution in [2.24, 2.45) is 16.6 Å². The number of nitrogens with two attached hydrogens (primary N) is 1. The topological polar surface area (TPSA) is 38.4 Å². The maximum atomic E-state index is 5.80. The smallest absolute Gasteiger partial charge is 0.0963 e. The van der Waals surface area contributed by atoms with Gasteiger partial charge in [0.15, 0.2) is 0 Å². The summed E-state index contributed by atoms with van der Waals surface area (Å²) in [6.45, 7) is 5.09. The number of aliphatic imine (C=N–C) groups is 1. The number of nitrogens with zero attached hydrogens (tertiary/aromatic N) is 1. The van der Waals surface area contributed by atoms with E-state index in [1.165, 1.54) is 19.3 Å². The summed E-state index contributed by atoms with van der Waals surface area (Å²) in [6.07, 6.45) is 6.16. The summed E-state index contributed by atoms with van der Waals surface area (Å²) in [7, 11) is 0. The van der Waals surface area contributed by atoms with Crippen LogP contribution in [0.15, 0.2) is 4.99 Å². The van der Waals surface area contributed by atoms with Gasteiger partial charge in [-0.05, 0) is 19.1 Å². The number of amidine groups is 1. The largest absolute Gasteiger partial charge is 0.387 e. The second-order valence-corrected chi connectivity index (χ2v) is 5.41. The molecule has 0 saturated heterocycles. The van der Waals surface area contributed by atoms with Gasteiger partial charge in [-0.15, -0.1) is 0 Å².